The van der Waals surface area contributed by atoms with E-state index in [9.17, 15) is 4.79 Å². The number of esters is 1. The van der Waals surface area contributed by atoms with Gasteiger partial charge in [-0.2, -0.15) is 0 Å². The second-order valence-electron chi connectivity index (χ2n) is 4.07. The number of carbonyl (C=O) groups excluding carboxylic acids is 1. The van der Waals surface area contributed by atoms with Crippen molar-refractivity contribution in [2.45, 2.75) is 0 Å². The number of H-pyrrole nitrogens is 1. The number of rotatable bonds is 1. The maximum Gasteiger partial charge on any atom is 0.337 e. The lowest BCUT2D eigenvalue weighted by Crippen LogP contribution is -2.00. The van der Waals surface area contributed by atoms with Gasteiger partial charge in [0.1, 0.15) is 0 Å². The van der Waals surface area contributed by atoms with Gasteiger partial charge in [-0.3, -0.25) is 0 Å². The highest BCUT2D eigenvalue weighted by atomic mass is 35.5. The Kier molecular flexibility index (Phi) is 2.49. The Bertz CT molecular complexity index is 761. The molecule has 0 bridgehead atoms. The zero-order valence-electron chi connectivity index (χ0n) is 9.66. The second-order valence-corrected chi connectivity index (χ2v) is 4.50. The van der Waals surface area contributed by atoms with Crippen LogP contribution in [0.5, 0.6) is 0 Å². The van der Waals surface area contributed by atoms with Crippen LogP contribution in [0.4, 0.5) is 0 Å². The van der Waals surface area contributed by atoms with Crippen molar-refractivity contribution in [2.24, 2.45) is 0 Å². The fourth-order valence-electron chi connectivity index (χ4n) is 2.13. The molecule has 3 nitrogen and oxygen atoms in total. The average Bonchev–Trinajstić information content (AvgIpc) is 2.73. The lowest BCUT2D eigenvalue weighted by Gasteiger charge is -1.98. The molecular formula is C14H10ClNO2. The number of benzene rings is 2. The largest absolute Gasteiger partial charge is 0.465 e. The molecule has 0 aliphatic heterocycles. The number of hydrogen-bond acceptors (Lipinski definition) is 2. The summed E-state index contributed by atoms with van der Waals surface area (Å²) >= 11 is 5.96. The van der Waals surface area contributed by atoms with E-state index in [1.54, 1.807) is 12.1 Å². The SMILES string of the molecule is COC(=O)c1ccc2c(c1)[nH]c1cc(Cl)ccc12. The predicted molar refractivity (Wildman–Crippen MR) is 72.2 cm³/mol. The highest BCUT2D eigenvalue weighted by Crippen LogP contribution is 2.28. The van der Waals surface area contributed by atoms with Crippen LogP contribution in [0.2, 0.25) is 5.02 Å². The van der Waals surface area contributed by atoms with Gasteiger partial charge in [-0.05, 0) is 24.3 Å². The molecule has 0 radical (unpaired) electrons. The molecule has 18 heavy (non-hydrogen) atoms. The van der Waals surface area contributed by atoms with Crippen molar-refractivity contribution in [3.63, 3.8) is 0 Å². The van der Waals surface area contributed by atoms with E-state index in [1.807, 2.05) is 24.3 Å². The number of hydrogen-bond donors (Lipinski definition) is 1. The molecule has 0 unspecified atom stereocenters. The van der Waals surface area contributed by atoms with Gasteiger partial charge in [0.2, 0.25) is 0 Å². The number of ether oxygens (including phenoxy) is 1. The summed E-state index contributed by atoms with van der Waals surface area (Å²) in [4.78, 5) is 14.7. The Balaban J connectivity index is 2.29. The van der Waals surface area contributed by atoms with Crippen molar-refractivity contribution in [3.05, 3.63) is 47.0 Å². The Labute approximate surface area is 108 Å². The summed E-state index contributed by atoms with van der Waals surface area (Å²) in [6.45, 7) is 0. The Morgan fingerprint density at radius 3 is 2.50 bits per heavy atom. The minimum absolute atomic E-state index is 0.339. The molecule has 0 fully saturated rings. The molecular weight excluding hydrogens is 250 g/mol. The summed E-state index contributed by atoms with van der Waals surface area (Å²) < 4.78 is 4.70. The Hall–Kier alpha value is -2.00. The molecule has 1 N–H and O–H groups in total. The summed E-state index contributed by atoms with van der Waals surface area (Å²) in [6, 6.07) is 11.1. The van der Waals surface area contributed by atoms with Gasteiger partial charge in [0, 0.05) is 26.8 Å². The lowest BCUT2D eigenvalue weighted by atomic mass is 10.1. The molecule has 2 aromatic carbocycles. The van der Waals surface area contributed by atoms with E-state index in [0.29, 0.717) is 10.6 Å². The van der Waals surface area contributed by atoms with E-state index in [-0.39, 0.29) is 5.97 Å². The normalized spacial score (nSPS) is 11.0. The first-order chi connectivity index (χ1) is 8.69. The predicted octanol–water partition coefficient (Wildman–Crippen LogP) is 3.76. The van der Waals surface area contributed by atoms with Crippen LogP contribution in [-0.2, 0) is 4.74 Å². The van der Waals surface area contributed by atoms with Crippen LogP contribution in [0.15, 0.2) is 36.4 Å². The summed E-state index contributed by atoms with van der Waals surface area (Å²) in [6.07, 6.45) is 0. The topological polar surface area (TPSA) is 42.1 Å². The minimum atomic E-state index is -0.339. The van der Waals surface area contributed by atoms with Crippen LogP contribution in [0, 0.1) is 0 Å². The number of fused-ring (bicyclic) bond motifs is 3. The molecule has 1 aromatic heterocycles. The van der Waals surface area contributed by atoms with Gasteiger partial charge in [0.05, 0.1) is 12.7 Å². The van der Waals surface area contributed by atoms with Crippen molar-refractivity contribution in [1.82, 2.24) is 4.98 Å². The summed E-state index contributed by atoms with van der Waals surface area (Å²) in [5, 5.41) is 2.84. The number of aromatic nitrogens is 1. The van der Waals surface area contributed by atoms with Gasteiger partial charge >= 0.3 is 5.97 Å². The first kappa shape index (κ1) is 11.1. The first-order valence-electron chi connectivity index (χ1n) is 5.48. The number of carbonyl (C=O) groups is 1. The van der Waals surface area contributed by atoms with E-state index < -0.39 is 0 Å². The number of methoxy groups -OCH3 is 1. The van der Waals surface area contributed by atoms with Crippen LogP contribution in [0.3, 0.4) is 0 Å². The van der Waals surface area contributed by atoms with Crippen LogP contribution in [-0.4, -0.2) is 18.1 Å². The molecule has 90 valence electrons. The quantitative estimate of drug-likeness (QED) is 0.676. The van der Waals surface area contributed by atoms with Crippen molar-refractivity contribution in [1.29, 1.82) is 0 Å². The van der Waals surface area contributed by atoms with Crippen molar-refractivity contribution in [2.75, 3.05) is 7.11 Å². The zero-order chi connectivity index (χ0) is 12.7. The van der Waals surface area contributed by atoms with Gasteiger partial charge in [0.15, 0.2) is 0 Å². The van der Waals surface area contributed by atoms with Crippen LogP contribution < -0.4 is 0 Å². The van der Waals surface area contributed by atoms with Crippen LogP contribution >= 0.6 is 11.6 Å². The van der Waals surface area contributed by atoms with Crippen molar-refractivity contribution >= 4 is 39.4 Å². The second kappa shape index (κ2) is 4.03. The molecule has 0 spiro atoms. The molecule has 0 atom stereocenters. The molecule has 3 rings (SSSR count). The molecule has 4 heteroatoms. The van der Waals surface area contributed by atoms with E-state index in [0.717, 1.165) is 21.8 Å². The lowest BCUT2D eigenvalue weighted by molar-refractivity contribution is 0.0601. The maximum absolute atomic E-state index is 11.5. The molecule has 0 saturated carbocycles. The summed E-state index contributed by atoms with van der Waals surface area (Å²) in [7, 11) is 1.37. The van der Waals surface area contributed by atoms with E-state index in [4.69, 9.17) is 16.3 Å². The number of nitrogens with one attached hydrogen (secondary N) is 1. The van der Waals surface area contributed by atoms with E-state index in [2.05, 4.69) is 4.98 Å². The molecule has 0 saturated heterocycles. The van der Waals surface area contributed by atoms with Gasteiger partial charge in [-0.1, -0.05) is 23.7 Å². The maximum atomic E-state index is 11.5. The molecule has 3 aromatic rings. The number of aromatic amines is 1. The fourth-order valence-corrected chi connectivity index (χ4v) is 2.30. The van der Waals surface area contributed by atoms with Crippen molar-refractivity contribution in [3.8, 4) is 0 Å². The molecule has 0 aliphatic carbocycles. The van der Waals surface area contributed by atoms with Gasteiger partial charge in [-0.25, -0.2) is 4.79 Å². The van der Waals surface area contributed by atoms with Gasteiger partial charge < -0.3 is 9.72 Å². The summed E-state index contributed by atoms with van der Waals surface area (Å²) in [5.41, 5.74) is 2.39. The molecule has 1 heterocycles. The Morgan fingerprint density at radius 1 is 1.11 bits per heavy atom. The van der Waals surface area contributed by atoms with Crippen LogP contribution in [0.1, 0.15) is 10.4 Å². The third kappa shape index (κ3) is 1.64. The standard InChI is InChI=1S/C14H10ClNO2/c1-18-14(17)8-2-4-10-11-5-3-9(15)7-13(11)16-12(10)6-8/h2-7,16H,1H3. The average molecular weight is 260 g/mol. The highest BCUT2D eigenvalue weighted by molar-refractivity contribution is 6.31. The zero-order valence-corrected chi connectivity index (χ0v) is 10.4. The van der Waals surface area contributed by atoms with Gasteiger partial charge in [-0.15, -0.1) is 0 Å². The first-order valence-corrected chi connectivity index (χ1v) is 5.86. The Morgan fingerprint density at radius 2 is 1.78 bits per heavy atom. The minimum Gasteiger partial charge on any atom is -0.465 e. The molecule has 0 amide bonds. The smallest absolute Gasteiger partial charge is 0.337 e. The monoisotopic (exact) mass is 259 g/mol. The number of halogens is 1. The van der Waals surface area contributed by atoms with Crippen LogP contribution in [0.25, 0.3) is 21.8 Å². The highest BCUT2D eigenvalue weighted by Gasteiger charge is 2.09. The van der Waals surface area contributed by atoms with E-state index in [1.165, 1.54) is 7.11 Å². The molecule has 0 aliphatic rings. The third-order valence-corrected chi connectivity index (χ3v) is 3.22. The van der Waals surface area contributed by atoms with Crippen molar-refractivity contribution < 1.29 is 9.53 Å². The fraction of sp³-hybridized carbons (Fsp3) is 0.0714. The summed E-state index contributed by atoms with van der Waals surface area (Å²) in [5.74, 6) is -0.339. The third-order valence-electron chi connectivity index (χ3n) is 2.98. The van der Waals surface area contributed by atoms with E-state index >= 15 is 0 Å². The van der Waals surface area contributed by atoms with Gasteiger partial charge in [0.25, 0.3) is 0 Å².